The first kappa shape index (κ1) is 5.06. The summed E-state index contributed by atoms with van der Waals surface area (Å²) in [6, 6.07) is 0.235. The van der Waals surface area contributed by atoms with Gasteiger partial charge in [0.25, 0.3) is 0 Å². The van der Waals surface area contributed by atoms with Gasteiger partial charge in [0.15, 0.2) is 0 Å². The first-order valence-electron chi connectivity index (χ1n) is 2.74. The highest BCUT2D eigenvalue weighted by Crippen LogP contribution is 2.23. The molecular formula is C6H5ClN2. The Morgan fingerprint density at radius 2 is 2.56 bits per heavy atom. The van der Waals surface area contributed by atoms with Gasteiger partial charge in [-0.2, -0.15) is 0 Å². The Morgan fingerprint density at radius 3 is 3.00 bits per heavy atom. The largest absolute Gasteiger partial charge is 0.352 e. The van der Waals surface area contributed by atoms with Crippen LogP contribution >= 0.6 is 11.6 Å². The molecule has 1 unspecified atom stereocenters. The van der Waals surface area contributed by atoms with E-state index in [1.807, 2.05) is 12.3 Å². The molecule has 0 saturated heterocycles. The van der Waals surface area contributed by atoms with Crippen molar-refractivity contribution in [3.05, 3.63) is 23.0 Å². The number of fused-ring (bicyclic) bond motifs is 1. The standard InChI is InChI=1S/C6H5ClN2/c7-6-4-3-9-5(4)1-2-8-6/h1-3,5,8H. The normalized spacial score (nSPS) is 29.2. The molecule has 0 radical (unpaired) electrons. The quantitative estimate of drug-likeness (QED) is 0.499. The second-order valence-corrected chi connectivity index (χ2v) is 2.37. The molecule has 0 aromatic rings. The fourth-order valence-corrected chi connectivity index (χ4v) is 1.09. The van der Waals surface area contributed by atoms with Crippen molar-refractivity contribution in [3.63, 3.8) is 0 Å². The SMILES string of the molecule is ClC1=C2C=NC2C=CN1. The van der Waals surface area contributed by atoms with Gasteiger partial charge in [-0.25, -0.2) is 0 Å². The van der Waals surface area contributed by atoms with Crippen LogP contribution in [0.5, 0.6) is 0 Å². The molecule has 0 bridgehead atoms. The van der Waals surface area contributed by atoms with Gasteiger partial charge < -0.3 is 5.32 Å². The Bertz CT molecular complexity index is 227. The molecule has 2 rings (SSSR count). The van der Waals surface area contributed by atoms with Crippen molar-refractivity contribution < 1.29 is 0 Å². The van der Waals surface area contributed by atoms with E-state index >= 15 is 0 Å². The summed E-state index contributed by atoms with van der Waals surface area (Å²) in [5, 5.41) is 3.59. The zero-order valence-corrected chi connectivity index (χ0v) is 5.39. The van der Waals surface area contributed by atoms with Crippen molar-refractivity contribution in [1.29, 1.82) is 0 Å². The fraction of sp³-hybridized carbons (Fsp3) is 0.167. The third-order valence-electron chi connectivity index (χ3n) is 1.43. The summed E-state index contributed by atoms with van der Waals surface area (Å²) in [7, 11) is 0. The Labute approximate surface area is 57.9 Å². The topological polar surface area (TPSA) is 24.4 Å². The Hall–Kier alpha value is -0.760. The summed E-state index contributed by atoms with van der Waals surface area (Å²) < 4.78 is 0. The molecule has 1 N–H and O–H groups in total. The lowest BCUT2D eigenvalue weighted by Gasteiger charge is -2.22. The predicted molar refractivity (Wildman–Crippen MR) is 37.4 cm³/mol. The van der Waals surface area contributed by atoms with Crippen molar-refractivity contribution in [3.8, 4) is 0 Å². The van der Waals surface area contributed by atoms with Crippen LogP contribution in [0.3, 0.4) is 0 Å². The highest BCUT2D eigenvalue weighted by atomic mass is 35.5. The van der Waals surface area contributed by atoms with Crippen LogP contribution in [0, 0.1) is 0 Å². The maximum atomic E-state index is 5.74. The van der Waals surface area contributed by atoms with E-state index in [0.29, 0.717) is 5.16 Å². The van der Waals surface area contributed by atoms with Gasteiger partial charge in [-0.1, -0.05) is 11.6 Å². The molecule has 0 amide bonds. The fourth-order valence-electron chi connectivity index (χ4n) is 0.871. The number of hydrogen-bond acceptors (Lipinski definition) is 2. The van der Waals surface area contributed by atoms with Crippen LogP contribution in [0.15, 0.2) is 28.0 Å². The van der Waals surface area contributed by atoms with Crippen LogP contribution in [0.1, 0.15) is 0 Å². The van der Waals surface area contributed by atoms with E-state index in [2.05, 4.69) is 10.3 Å². The summed E-state index contributed by atoms with van der Waals surface area (Å²) in [5.41, 5.74) is 1.10. The smallest absolute Gasteiger partial charge is 0.113 e. The van der Waals surface area contributed by atoms with Crippen molar-refractivity contribution in [2.24, 2.45) is 4.99 Å². The summed E-state index contributed by atoms with van der Waals surface area (Å²) in [4.78, 5) is 4.05. The van der Waals surface area contributed by atoms with Gasteiger partial charge in [-0.3, -0.25) is 4.99 Å². The van der Waals surface area contributed by atoms with Crippen molar-refractivity contribution in [1.82, 2.24) is 5.32 Å². The summed E-state index contributed by atoms with van der Waals surface area (Å²) >= 11 is 5.74. The molecule has 3 heteroatoms. The van der Waals surface area contributed by atoms with Crippen molar-refractivity contribution >= 4 is 17.8 Å². The van der Waals surface area contributed by atoms with E-state index in [9.17, 15) is 0 Å². The average molecular weight is 141 g/mol. The first-order chi connectivity index (χ1) is 4.38. The molecule has 0 spiro atoms. The van der Waals surface area contributed by atoms with Gasteiger partial charge in [0.1, 0.15) is 5.16 Å². The van der Waals surface area contributed by atoms with Gasteiger partial charge in [0.05, 0.1) is 6.04 Å². The van der Waals surface area contributed by atoms with Crippen LogP contribution in [0.2, 0.25) is 0 Å². The molecule has 0 fully saturated rings. The molecule has 0 aliphatic carbocycles. The number of rotatable bonds is 0. The lowest BCUT2D eigenvalue weighted by atomic mass is 10.0. The molecular weight excluding hydrogens is 136 g/mol. The molecule has 0 aromatic carbocycles. The molecule has 2 nitrogen and oxygen atoms in total. The minimum Gasteiger partial charge on any atom is -0.352 e. The van der Waals surface area contributed by atoms with Gasteiger partial charge in [0, 0.05) is 18.0 Å². The van der Waals surface area contributed by atoms with E-state index in [1.54, 1.807) is 6.21 Å². The number of halogens is 1. The molecule has 46 valence electrons. The molecule has 2 aliphatic rings. The van der Waals surface area contributed by atoms with Gasteiger partial charge in [-0.05, 0) is 6.08 Å². The molecule has 0 saturated carbocycles. The first-order valence-corrected chi connectivity index (χ1v) is 3.12. The van der Waals surface area contributed by atoms with E-state index in [0.717, 1.165) is 5.57 Å². The van der Waals surface area contributed by atoms with E-state index in [4.69, 9.17) is 11.6 Å². The molecule has 9 heavy (non-hydrogen) atoms. The summed E-state index contributed by atoms with van der Waals surface area (Å²) in [6.07, 6.45) is 5.57. The lowest BCUT2D eigenvalue weighted by molar-refractivity contribution is 0.883. The Balaban J connectivity index is 2.41. The average Bonchev–Trinajstić information content (AvgIpc) is 1.74. The lowest BCUT2D eigenvalue weighted by Crippen LogP contribution is -2.25. The van der Waals surface area contributed by atoms with Crippen molar-refractivity contribution in [2.75, 3.05) is 0 Å². The Morgan fingerprint density at radius 1 is 1.67 bits per heavy atom. The highest BCUT2D eigenvalue weighted by molar-refractivity contribution is 6.31. The second kappa shape index (κ2) is 1.61. The van der Waals surface area contributed by atoms with Crippen LogP contribution in [-0.2, 0) is 0 Å². The van der Waals surface area contributed by atoms with E-state index in [1.165, 1.54) is 0 Å². The predicted octanol–water partition coefficient (Wildman–Crippen LogP) is 1.01. The molecule has 2 aliphatic heterocycles. The summed E-state index contributed by atoms with van der Waals surface area (Å²) in [5.74, 6) is 0. The van der Waals surface area contributed by atoms with Crippen LogP contribution in [0.25, 0.3) is 0 Å². The zero-order valence-electron chi connectivity index (χ0n) is 4.63. The van der Waals surface area contributed by atoms with E-state index in [-0.39, 0.29) is 6.04 Å². The number of aliphatic imine (C=N–C) groups is 1. The number of nitrogens with zero attached hydrogens (tertiary/aromatic N) is 1. The molecule has 2 heterocycles. The summed E-state index contributed by atoms with van der Waals surface area (Å²) in [6.45, 7) is 0. The van der Waals surface area contributed by atoms with E-state index < -0.39 is 0 Å². The van der Waals surface area contributed by atoms with Crippen molar-refractivity contribution in [2.45, 2.75) is 6.04 Å². The minimum atomic E-state index is 0.235. The number of dihydropyridines is 1. The molecule has 1 atom stereocenters. The third kappa shape index (κ3) is 0.598. The number of hydrogen-bond donors (Lipinski definition) is 1. The zero-order chi connectivity index (χ0) is 6.27. The van der Waals surface area contributed by atoms with Crippen LogP contribution in [0.4, 0.5) is 0 Å². The highest BCUT2D eigenvalue weighted by Gasteiger charge is 2.21. The monoisotopic (exact) mass is 140 g/mol. The molecule has 0 aromatic heterocycles. The van der Waals surface area contributed by atoms with Gasteiger partial charge in [0.2, 0.25) is 0 Å². The maximum absolute atomic E-state index is 5.74. The third-order valence-corrected chi connectivity index (χ3v) is 1.76. The number of nitrogens with one attached hydrogen (secondary N) is 1. The second-order valence-electron chi connectivity index (χ2n) is 2.00. The maximum Gasteiger partial charge on any atom is 0.113 e. The Kier molecular flexibility index (Phi) is 0.904. The van der Waals surface area contributed by atoms with Gasteiger partial charge >= 0.3 is 0 Å². The minimum absolute atomic E-state index is 0.235. The van der Waals surface area contributed by atoms with Crippen LogP contribution in [-0.4, -0.2) is 12.3 Å². The van der Waals surface area contributed by atoms with Gasteiger partial charge in [-0.15, -0.1) is 0 Å². The van der Waals surface area contributed by atoms with Crippen LogP contribution < -0.4 is 5.32 Å².